The number of carbonyl (C=O) groups excluding carboxylic acids is 1. The molecule has 0 aliphatic carbocycles. The fraction of sp³-hybridized carbons (Fsp3) is 0.409. The van der Waals surface area contributed by atoms with Gasteiger partial charge in [0.25, 0.3) is 0 Å². The van der Waals surface area contributed by atoms with Crippen LogP contribution in [0, 0.1) is 5.92 Å². The molecule has 2 bridgehead atoms. The monoisotopic (exact) mass is 334 g/mol. The fourth-order valence-corrected chi connectivity index (χ4v) is 4.32. The number of nitrogens with one attached hydrogen (secondary N) is 1. The first-order chi connectivity index (χ1) is 12.3. The van der Waals surface area contributed by atoms with Gasteiger partial charge in [0.2, 0.25) is 0 Å². The number of rotatable bonds is 6. The Morgan fingerprint density at radius 2 is 1.64 bits per heavy atom. The van der Waals surface area contributed by atoms with Crippen molar-refractivity contribution in [2.45, 2.75) is 24.8 Å². The molecule has 130 valence electrons. The van der Waals surface area contributed by atoms with Gasteiger partial charge in [0.1, 0.15) is 0 Å². The topological polar surface area (TPSA) is 32.3 Å². The van der Waals surface area contributed by atoms with Crippen molar-refractivity contribution in [1.29, 1.82) is 0 Å². The average Bonchev–Trinajstić information content (AvgIpc) is 2.70. The van der Waals surface area contributed by atoms with Gasteiger partial charge in [-0.15, -0.1) is 0 Å². The van der Waals surface area contributed by atoms with Crippen LogP contribution in [0.1, 0.15) is 34.7 Å². The van der Waals surface area contributed by atoms with Gasteiger partial charge in [-0.2, -0.15) is 0 Å². The van der Waals surface area contributed by atoms with Crippen molar-refractivity contribution in [3.63, 3.8) is 0 Å². The van der Waals surface area contributed by atoms with E-state index in [1.807, 2.05) is 48.5 Å². The van der Waals surface area contributed by atoms with Gasteiger partial charge in [0.15, 0.2) is 5.78 Å². The summed E-state index contributed by atoms with van der Waals surface area (Å²) in [4.78, 5) is 15.7. The Balaban J connectivity index is 1.51. The zero-order valence-electron chi connectivity index (χ0n) is 14.6. The van der Waals surface area contributed by atoms with Gasteiger partial charge in [-0.25, -0.2) is 0 Å². The van der Waals surface area contributed by atoms with Crippen LogP contribution in [0.25, 0.3) is 0 Å². The Hall–Kier alpha value is -1.97. The average molecular weight is 334 g/mol. The lowest BCUT2D eigenvalue weighted by Crippen LogP contribution is -2.56. The van der Waals surface area contributed by atoms with E-state index in [9.17, 15) is 4.79 Å². The van der Waals surface area contributed by atoms with Gasteiger partial charge in [-0.1, -0.05) is 60.7 Å². The largest absolute Gasteiger partial charge is 0.311 e. The number of fused-ring (bicyclic) bond motifs is 3. The second-order valence-electron chi connectivity index (χ2n) is 7.35. The predicted octanol–water partition coefficient (Wildman–Crippen LogP) is 3.34. The van der Waals surface area contributed by atoms with Crippen molar-refractivity contribution in [2.24, 2.45) is 5.92 Å². The lowest BCUT2D eigenvalue weighted by atomic mass is 9.83. The van der Waals surface area contributed by atoms with Gasteiger partial charge in [0.05, 0.1) is 5.92 Å². The fourth-order valence-electron chi connectivity index (χ4n) is 4.32. The molecule has 0 saturated carbocycles. The highest BCUT2D eigenvalue weighted by atomic mass is 16.1. The predicted molar refractivity (Wildman–Crippen MR) is 101 cm³/mol. The van der Waals surface area contributed by atoms with Crippen LogP contribution in [-0.2, 0) is 0 Å². The van der Waals surface area contributed by atoms with E-state index < -0.39 is 0 Å². The molecule has 3 aliphatic rings. The molecule has 25 heavy (non-hydrogen) atoms. The number of nitrogens with zero attached hydrogens (tertiary/aromatic N) is 1. The van der Waals surface area contributed by atoms with Crippen LogP contribution in [0.15, 0.2) is 60.7 Å². The summed E-state index contributed by atoms with van der Waals surface area (Å²) in [5, 5.41) is 3.74. The van der Waals surface area contributed by atoms with E-state index in [2.05, 4.69) is 22.3 Å². The number of hydrogen-bond donors (Lipinski definition) is 1. The number of carbonyl (C=O) groups is 1. The Bertz CT molecular complexity index is 692. The third-order valence-corrected chi connectivity index (χ3v) is 5.82. The molecule has 3 aliphatic heterocycles. The zero-order chi connectivity index (χ0) is 17.1. The number of ketones is 1. The van der Waals surface area contributed by atoms with E-state index in [4.69, 9.17) is 0 Å². The summed E-state index contributed by atoms with van der Waals surface area (Å²) < 4.78 is 0. The maximum Gasteiger partial charge on any atom is 0.171 e. The lowest BCUT2D eigenvalue weighted by molar-refractivity contribution is 0.0708. The minimum atomic E-state index is -0.126. The maximum absolute atomic E-state index is 13.1. The second-order valence-corrected chi connectivity index (χ2v) is 7.35. The molecule has 0 unspecified atom stereocenters. The summed E-state index contributed by atoms with van der Waals surface area (Å²) in [6, 6.07) is 20.4. The summed E-state index contributed by atoms with van der Waals surface area (Å²) in [6.45, 7) is 4.33. The first-order valence-electron chi connectivity index (χ1n) is 9.41. The standard InChI is InChI=1S/C22H26N2O/c25-22(19-9-5-2-6-10-19)20(17-7-3-1-4-8-17)15-23-21-16-24-13-11-18(21)12-14-24/h1-10,18,20-21,23H,11-16H2/t20-,21+/m1/s1. The molecule has 2 aromatic carbocycles. The van der Waals surface area contributed by atoms with Gasteiger partial charge >= 0.3 is 0 Å². The number of hydrogen-bond acceptors (Lipinski definition) is 3. The van der Waals surface area contributed by atoms with Crippen LogP contribution >= 0.6 is 0 Å². The molecule has 1 N–H and O–H groups in total. The highest BCUT2D eigenvalue weighted by Gasteiger charge is 2.34. The van der Waals surface area contributed by atoms with Crippen molar-refractivity contribution in [2.75, 3.05) is 26.2 Å². The number of Topliss-reactive ketones (excluding diaryl/α,β-unsaturated/α-hetero) is 1. The van der Waals surface area contributed by atoms with Gasteiger partial charge < -0.3 is 10.2 Å². The Morgan fingerprint density at radius 1 is 1.00 bits per heavy atom. The molecule has 0 aromatic heterocycles. The lowest BCUT2D eigenvalue weighted by Gasteiger charge is -2.45. The summed E-state index contributed by atoms with van der Waals surface area (Å²) >= 11 is 0. The normalized spacial score (nSPS) is 26.3. The third kappa shape index (κ3) is 3.68. The van der Waals surface area contributed by atoms with Crippen LogP contribution < -0.4 is 5.32 Å². The molecule has 3 saturated heterocycles. The molecule has 0 amide bonds. The van der Waals surface area contributed by atoms with E-state index in [0.29, 0.717) is 12.6 Å². The molecule has 3 nitrogen and oxygen atoms in total. The minimum Gasteiger partial charge on any atom is -0.311 e. The summed E-state index contributed by atoms with van der Waals surface area (Å²) in [6.07, 6.45) is 2.58. The van der Waals surface area contributed by atoms with Crippen molar-refractivity contribution in [1.82, 2.24) is 10.2 Å². The van der Waals surface area contributed by atoms with E-state index in [1.165, 1.54) is 25.9 Å². The summed E-state index contributed by atoms with van der Waals surface area (Å²) in [7, 11) is 0. The molecule has 2 atom stereocenters. The molecular weight excluding hydrogens is 308 g/mol. The van der Waals surface area contributed by atoms with Crippen LogP contribution in [0.5, 0.6) is 0 Å². The molecule has 5 rings (SSSR count). The smallest absolute Gasteiger partial charge is 0.171 e. The van der Waals surface area contributed by atoms with Crippen LogP contribution in [0.2, 0.25) is 0 Å². The van der Waals surface area contributed by atoms with Crippen molar-refractivity contribution in [3.05, 3.63) is 71.8 Å². The molecule has 3 heterocycles. The highest BCUT2D eigenvalue weighted by molar-refractivity contribution is 6.01. The summed E-state index contributed by atoms with van der Waals surface area (Å²) in [5.41, 5.74) is 1.90. The van der Waals surface area contributed by atoms with E-state index in [1.54, 1.807) is 0 Å². The zero-order valence-corrected chi connectivity index (χ0v) is 14.6. The first-order valence-corrected chi connectivity index (χ1v) is 9.41. The quantitative estimate of drug-likeness (QED) is 0.823. The second kappa shape index (κ2) is 7.51. The SMILES string of the molecule is O=C(c1ccccc1)[C@H](CN[C@H]1CN2CCC1CC2)c1ccccc1. The highest BCUT2D eigenvalue weighted by Crippen LogP contribution is 2.28. The van der Waals surface area contributed by atoms with Gasteiger partial charge in [-0.3, -0.25) is 4.79 Å². The molecule has 2 aromatic rings. The van der Waals surface area contributed by atoms with E-state index in [0.717, 1.165) is 23.6 Å². The van der Waals surface area contributed by atoms with Gasteiger partial charge in [0, 0.05) is 24.7 Å². The number of piperidine rings is 3. The molecule has 0 radical (unpaired) electrons. The van der Waals surface area contributed by atoms with Crippen molar-refractivity contribution < 1.29 is 4.79 Å². The molecule has 3 fully saturated rings. The van der Waals surface area contributed by atoms with E-state index in [-0.39, 0.29) is 11.7 Å². The summed E-state index contributed by atoms with van der Waals surface area (Å²) in [5.74, 6) is 0.855. The van der Waals surface area contributed by atoms with Crippen molar-refractivity contribution >= 4 is 5.78 Å². The van der Waals surface area contributed by atoms with Crippen molar-refractivity contribution in [3.8, 4) is 0 Å². The molecule has 0 spiro atoms. The first kappa shape index (κ1) is 16.5. The Morgan fingerprint density at radius 3 is 2.24 bits per heavy atom. The van der Waals surface area contributed by atoms with Crippen LogP contribution in [-0.4, -0.2) is 42.9 Å². The maximum atomic E-state index is 13.1. The molecular formula is C22H26N2O. The minimum absolute atomic E-state index is 0.126. The van der Waals surface area contributed by atoms with Crippen LogP contribution in [0.4, 0.5) is 0 Å². The Labute approximate surface area is 150 Å². The van der Waals surface area contributed by atoms with Crippen LogP contribution in [0.3, 0.4) is 0 Å². The molecule has 3 heteroatoms. The number of benzene rings is 2. The Kier molecular flexibility index (Phi) is 4.95. The van der Waals surface area contributed by atoms with Gasteiger partial charge in [-0.05, 0) is 37.4 Å². The third-order valence-electron chi connectivity index (χ3n) is 5.82. The van der Waals surface area contributed by atoms with E-state index >= 15 is 0 Å².